The highest BCUT2D eigenvalue weighted by Crippen LogP contribution is 2.29. The molecule has 17 heteroatoms. The number of hydrogen-bond acceptors (Lipinski definition) is 13. The number of non-ortho nitro benzene ring substituents is 1. The zero-order valence-corrected chi connectivity index (χ0v) is 18.0. The van der Waals surface area contributed by atoms with Crippen LogP contribution in [-0.2, 0) is 19.1 Å². The molecule has 17 nitrogen and oxygen atoms in total. The Hall–Kier alpha value is -3.93. The van der Waals surface area contributed by atoms with Crippen LogP contribution >= 0.6 is 0 Å². The number of rotatable bonds is 9. The van der Waals surface area contributed by atoms with Crippen LogP contribution in [0.4, 0.5) is 11.4 Å². The van der Waals surface area contributed by atoms with Gasteiger partial charge < -0.3 is 41.1 Å². The number of anilines is 1. The third-order valence-corrected chi connectivity index (χ3v) is 5.21. The lowest BCUT2D eigenvalue weighted by atomic mass is 9.95. The summed E-state index contributed by atoms with van der Waals surface area (Å²) in [5, 5.41) is 64.5. The fourth-order valence-electron chi connectivity index (χ4n) is 3.54. The summed E-state index contributed by atoms with van der Waals surface area (Å²) >= 11 is 0. The number of amides is 2. The SMILES string of the molecule is CC(=O)N[C@@H]1[C@@H](O)[C@H](O)[C@@H](CO)O[C@H]1NC(=O)C[C@H](Nc1ccc([N+](=O)[O-])c2nonc12)C(=O)O. The number of aliphatic carboxylic acids is 1. The van der Waals surface area contributed by atoms with Gasteiger partial charge in [0, 0.05) is 13.0 Å². The number of benzene rings is 1. The molecular formula is C18H22N6O11. The fraction of sp³-hybridized carbons (Fsp3) is 0.500. The maximum atomic E-state index is 12.6. The Balaban J connectivity index is 1.76. The van der Waals surface area contributed by atoms with Gasteiger partial charge in [0.15, 0.2) is 11.7 Å². The Morgan fingerprint density at radius 1 is 1.17 bits per heavy atom. The summed E-state index contributed by atoms with van der Waals surface area (Å²) in [6.45, 7) is 0.419. The number of carboxylic acids is 1. The van der Waals surface area contributed by atoms with Crippen molar-refractivity contribution in [3.05, 3.63) is 22.2 Å². The van der Waals surface area contributed by atoms with Crippen molar-refractivity contribution in [2.45, 2.75) is 50.0 Å². The molecule has 35 heavy (non-hydrogen) atoms. The zero-order chi connectivity index (χ0) is 25.9. The molecule has 0 saturated carbocycles. The highest BCUT2D eigenvalue weighted by atomic mass is 16.6. The van der Waals surface area contributed by atoms with Gasteiger partial charge in [-0.25, -0.2) is 9.42 Å². The molecule has 2 heterocycles. The largest absolute Gasteiger partial charge is 0.480 e. The van der Waals surface area contributed by atoms with Gasteiger partial charge >= 0.3 is 11.7 Å². The molecule has 0 bridgehead atoms. The minimum atomic E-state index is -1.61. The van der Waals surface area contributed by atoms with E-state index >= 15 is 0 Å². The second kappa shape index (κ2) is 10.6. The first-order valence-electron chi connectivity index (χ1n) is 10.1. The fourth-order valence-corrected chi connectivity index (χ4v) is 3.54. The molecule has 0 spiro atoms. The predicted octanol–water partition coefficient (Wildman–Crippen LogP) is -2.55. The van der Waals surface area contributed by atoms with Crippen molar-refractivity contribution in [1.29, 1.82) is 0 Å². The highest BCUT2D eigenvalue weighted by molar-refractivity contribution is 5.95. The molecule has 1 fully saturated rings. The van der Waals surface area contributed by atoms with E-state index in [1.54, 1.807) is 0 Å². The van der Waals surface area contributed by atoms with E-state index in [4.69, 9.17) is 4.74 Å². The molecule has 7 N–H and O–H groups in total. The molecule has 2 aromatic rings. The average molecular weight is 498 g/mol. The molecule has 1 aliphatic rings. The summed E-state index contributed by atoms with van der Waals surface area (Å²) in [7, 11) is 0. The molecule has 2 amide bonds. The van der Waals surface area contributed by atoms with Gasteiger partial charge in [0.25, 0.3) is 0 Å². The van der Waals surface area contributed by atoms with Gasteiger partial charge in [-0.2, -0.15) is 0 Å². The first-order valence-corrected chi connectivity index (χ1v) is 10.1. The van der Waals surface area contributed by atoms with Crippen LogP contribution in [0.1, 0.15) is 13.3 Å². The molecule has 3 rings (SSSR count). The average Bonchev–Trinajstić information content (AvgIpc) is 3.28. The van der Waals surface area contributed by atoms with Gasteiger partial charge in [0.05, 0.1) is 23.6 Å². The number of carbonyl (C=O) groups excluding carboxylic acids is 2. The number of ether oxygens (including phenoxy) is 1. The number of fused-ring (bicyclic) bond motifs is 1. The zero-order valence-electron chi connectivity index (χ0n) is 18.0. The highest BCUT2D eigenvalue weighted by Gasteiger charge is 2.45. The van der Waals surface area contributed by atoms with Gasteiger partial charge in [-0.15, -0.1) is 0 Å². The lowest BCUT2D eigenvalue weighted by Crippen LogP contribution is -2.68. The third kappa shape index (κ3) is 5.60. The maximum absolute atomic E-state index is 12.6. The number of nitro benzene ring substituents is 1. The number of aliphatic hydroxyl groups is 3. The van der Waals surface area contributed by atoms with Gasteiger partial charge in [-0.1, -0.05) is 0 Å². The number of aliphatic hydroxyl groups excluding tert-OH is 3. The van der Waals surface area contributed by atoms with E-state index in [-0.39, 0.29) is 16.7 Å². The second-order valence-electron chi connectivity index (χ2n) is 7.64. The smallest absolute Gasteiger partial charge is 0.326 e. The Labute approximate surface area is 195 Å². The number of hydrogen-bond donors (Lipinski definition) is 7. The van der Waals surface area contributed by atoms with Crippen LogP contribution in [0.2, 0.25) is 0 Å². The molecule has 1 saturated heterocycles. The van der Waals surface area contributed by atoms with Crippen LogP contribution in [0.3, 0.4) is 0 Å². The quantitative estimate of drug-likeness (QED) is 0.139. The molecule has 0 radical (unpaired) electrons. The van der Waals surface area contributed by atoms with Crippen LogP contribution < -0.4 is 16.0 Å². The van der Waals surface area contributed by atoms with Gasteiger partial charge in [0.1, 0.15) is 30.4 Å². The maximum Gasteiger partial charge on any atom is 0.326 e. The summed E-state index contributed by atoms with van der Waals surface area (Å²) in [4.78, 5) is 46.3. The van der Waals surface area contributed by atoms with Crippen LogP contribution in [0.25, 0.3) is 11.0 Å². The van der Waals surface area contributed by atoms with Crippen molar-refractivity contribution in [1.82, 2.24) is 20.9 Å². The first kappa shape index (κ1) is 25.7. The minimum absolute atomic E-state index is 0.00372. The Morgan fingerprint density at radius 2 is 1.86 bits per heavy atom. The predicted molar refractivity (Wildman–Crippen MR) is 112 cm³/mol. The summed E-state index contributed by atoms with van der Waals surface area (Å²) in [6.07, 6.45) is -6.59. The molecule has 0 aliphatic carbocycles. The minimum Gasteiger partial charge on any atom is -0.480 e. The van der Waals surface area contributed by atoms with E-state index in [1.165, 1.54) is 6.07 Å². The number of nitrogens with one attached hydrogen (secondary N) is 3. The first-order chi connectivity index (χ1) is 16.5. The van der Waals surface area contributed by atoms with E-state index in [9.17, 15) is 44.9 Å². The van der Waals surface area contributed by atoms with Crippen molar-refractivity contribution in [2.24, 2.45) is 0 Å². The lowest BCUT2D eigenvalue weighted by Gasteiger charge is -2.42. The van der Waals surface area contributed by atoms with Crippen LogP contribution in [0.15, 0.2) is 16.8 Å². The van der Waals surface area contributed by atoms with Gasteiger partial charge in [-0.3, -0.25) is 19.7 Å². The number of carbonyl (C=O) groups is 3. The Bertz CT molecular complexity index is 1120. The molecule has 190 valence electrons. The van der Waals surface area contributed by atoms with Crippen molar-refractivity contribution in [2.75, 3.05) is 11.9 Å². The molecule has 1 aromatic heterocycles. The molecule has 0 unspecified atom stereocenters. The van der Waals surface area contributed by atoms with E-state index in [1.807, 2.05) is 0 Å². The molecule has 6 atom stereocenters. The third-order valence-electron chi connectivity index (χ3n) is 5.21. The van der Waals surface area contributed by atoms with Crippen LogP contribution in [0, 0.1) is 10.1 Å². The van der Waals surface area contributed by atoms with Crippen molar-refractivity contribution in [3.8, 4) is 0 Å². The standard InChI is InChI=1S/C18H22N6O11/c1-6(26)19-14-16(29)15(28)10(5-25)34-17(14)21-11(27)4-8(18(30)31)20-7-2-3-9(24(32)33)13-12(7)22-35-23-13/h2-3,8,10,14-17,20,25,28-29H,4-5H2,1H3,(H,19,26)(H,21,27)(H,30,31)/t8-,10+,14+,15+,16+,17+/m0/s1. The summed E-state index contributed by atoms with van der Waals surface area (Å²) in [5.74, 6) is -2.98. The summed E-state index contributed by atoms with van der Waals surface area (Å²) in [6, 6.07) is -0.632. The number of aromatic nitrogens is 2. The Morgan fingerprint density at radius 3 is 2.46 bits per heavy atom. The van der Waals surface area contributed by atoms with E-state index in [2.05, 4.69) is 30.9 Å². The van der Waals surface area contributed by atoms with E-state index in [0.29, 0.717) is 0 Å². The molecule has 1 aliphatic heterocycles. The van der Waals surface area contributed by atoms with Crippen LogP contribution in [-0.4, -0.2) is 96.7 Å². The number of carboxylic acid groups (broad SMARTS) is 1. The van der Waals surface area contributed by atoms with Gasteiger partial charge in [0.2, 0.25) is 17.3 Å². The van der Waals surface area contributed by atoms with Crippen molar-refractivity contribution < 1.29 is 49.1 Å². The normalized spacial score (nSPS) is 25.0. The van der Waals surface area contributed by atoms with Crippen molar-refractivity contribution >= 4 is 40.2 Å². The molecular weight excluding hydrogens is 476 g/mol. The molecule has 1 aromatic carbocycles. The second-order valence-corrected chi connectivity index (χ2v) is 7.64. The van der Waals surface area contributed by atoms with E-state index in [0.717, 1.165) is 13.0 Å². The van der Waals surface area contributed by atoms with E-state index < -0.39 is 78.0 Å². The van der Waals surface area contributed by atoms with Crippen LogP contribution in [0.5, 0.6) is 0 Å². The number of nitrogens with zero attached hydrogens (tertiary/aromatic N) is 3. The van der Waals surface area contributed by atoms with Crippen molar-refractivity contribution in [3.63, 3.8) is 0 Å². The van der Waals surface area contributed by atoms with Gasteiger partial charge in [-0.05, 0) is 16.4 Å². The topological polar surface area (TPSA) is 260 Å². The lowest BCUT2D eigenvalue weighted by molar-refractivity contribution is -0.383. The monoisotopic (exact) mass is 498 g/mol. The number of nitro groups is 1. The summed E-state index contributed by atoms with van der Waals surface area (Å²) in [5.41, 5.74) is -0.787. The Kier molecular flexibility index (Phi) is 7.75. The summed E-state index contributed by atoms with van der Waals surface area (Å²) < 4.78 is 9.89.